The summed E-state index contributed by atoms with van der Waals surface area (Å²) in [6, 6.07) is 4.69. The summed E-state index contributed by atoms with van der Waals surface area (Å²) in [7, 11) is 0. The Bertz CT molecular complexity index is 498. The van der Waals surface area contributed by atoms with Gasteiger partial charge in [-0.1, -0.05) is 29.8 Å². The summed E-state index contributed by atoms with van der Waals surface area (Å²) < 4.78 is 6.05. The molecule has 1 N–H and O–H groups in total. The Balaban J connectivity index is 2.74. The largest absolute Gasteiger partial charge is 0.483 e. The molecule has 0 bridgehead atoms. The predicted molar refractivity (Wildman–Crippen MR) is 83.8 cm³/mol. The van der Waals surface area contributed by atoms with Gasteiger partial charge in [0.05, 0.1) is 0 Å². The molecule has 0 aliphatic heterocycles. The van der Waals surface area contributed by atoms with Crippen LogP contribution in [0.1, 0.15) is 37.0 Å². The molecule has 0 unspecified atom stereocenters. The lowest BCUT2D eigenvalue weighted by Gasteiger charge is -2.21. The van der Waals surface area contributed by atoms with Gasteiger partial charge < -0.3 is 14.7 Å². The van der Waals surface area contributed by atoms with Gasteiger partial charge in [0.25, 0.3) is 5.91 Å². The number of carboxylic acids is 1. The summed E-state index contributed by atoms with van der Waals surface area (Å²) in [5, 5.41) is 9.14. The Hall–Kier alpha value is -1.56. The molecule has 0 heterocycles. The number of carbonyl (C=O) groups excluding carboxylic acids is 1. The van der Waals surface area contributed by atoms with Crippen LogP contribution >= 0.6 is 15.9 Å². The van der Waals surface area contributed by atoms with Crippen molar-refractivity contribution in [1.82, 2.24) is 4.90 Å². The Kier molecular flexibility index (Phi) is 7.22. The number of halogens is 1. The maximum atomic E-state index is 12.1. The van der Waals surface area contributed by atoms with Crippen LogP contribution in [0.2, 0.25) is 0 Å². The smallest absolute Gasteiger partial charge is 0.339 e. The summed E-state index contributed by atoms with van der Waals surface area (Å²) in [5.41, 5.74) is 0.0368. The highest BCUT2D eigenvalue weighted by Gasteiger charge is 2.16. The van der Waals surface area contributed by atoms with Gasteiger partial charge in [-0.05, 0) is 31.0 Å². The van der Waals surface area contributed by atoms with E-state index in [4.69, 9.17) is 9.84 Å². The van der Waals surface area contributed by atoms with Gasteiger partial charge in [0.1, 0.15) is 11.3 Å². The van der Waals surface area contributed by atoms with E-state index in [-0.39, 0.29) is 23.8 Å². The van der Waals surface area contributed by atoms with E-state index >= 15 is 0 Å². The molecule has 0 radical (unpaired) electrons. The molecule has 0 aliphatic rings. The molecule has 0 spiro atoms. The van der Waals surface area contributed by atoms with E-state index in [9.17, 15) is 9.59 Å². The number of rotatable bonds is 8. The van der Waals surface area contributed by atoms with E-state index in [0.29, 0.717) is 17.6 Å². The van der Waals surface area contributed by atoms with Crippen LogP contribution in [-0.2, 0) is 4.79 Å². The predicted octanol–water partition coefficient (Wildman–Crippen LogP) is 3.17. The standard InChI is InChI=1S/C15H20BrNO4/c1-3-7-17(8-4-2)14(18)10-21-13-6-5-11(16)9-12(13)15(19)20/h5-6,9H,3-4,7-8,10H2,1-2H3,(H,19,20). The Morgan fingerprint density at radius 2 is 1.86 bits per heavy atom. The van der Waals surface area contributed by atoms with Crippen LogP contribution in [0, 0.1) is 0 Å². The van der Waals surface area contributed by atoms with E-state index in [1.165, 1.54) is 6.07 Å². The first-order valence-electron chi connectivity index (χ1n) is 6.93. The van der Waals surface area contributed by atoms with Crippen LogP contribution in [0.3, 0.4) is 0 Å². The quantitative estimate of drug-likeness (QED) is 0.775. The molecule has 1 amide bonds. The number of benzene rings is 1. The molecule has 1 rings (SSSR count). The second-order valence-corrected chi connectivity index (χ2v) is 5.53. The average molecular weight is 358 g/mol. The molecule has 1 aromatic rings. The molecule has 0 aromatic heterocycles. The number of carboxylic acid groups (broad SMARTS) is 1. The number of amides is 1. The van der Waals surface area contributed by atoms with Crippen molar-refractivity contribution in [1.29, 1.82) is 0 Å². The van der Waals surface area contributed by atoms with Gasteiger partial charge in [-0.2, -0.15) is 0 Å². The van der Waals surface area contributed by atoms with Gasteiger partial charge >= 0.3 is 5.97 Å². The van der Waals surface area contributed by atoms with Crippen molar-refractivity contribution in [2.45, 2.75) is 26.7 Å². The molecule has 1 aromatic carbocycles. The monoisotopic (exact) mass is 357 g/mol. The van der Waals surface area contributed by atoms with Crippen molar-refractivity contribution in [2.24, 2.45) is 0 Å². The second kappa shape index (κ2) is 8.67. The van der Waals surface area contributed by atoms with Gasteiger partial charge in [0.15, 0.2) is 6.61 Å². The molecule has 0 fully saturated rings. The fourth-order valence-electron chi connectivity index (χ4n) is 1.93. The highest BCUT2D eigenvalue weighted by molar-refractivity contribution is 9.10. The van der Waals surface area contributed by atoms with E-state index in [2.05, 4.69) is 15.9 Å². The number of aromatic carboxylic acids is 1. The lowest BCUT2D eigenvalue weighted by molar-refractivity contribution is -0.133. The molecule has 6 heteroatoms. The molecule has 0 saturated carbocycles. The summed E-state index contributed by atoms with van der Waals surface area (Å²) in [4.78, 5) is 25.0. The normalized spacial score (nSPS) is 10.2. The van der Waals surface area contributed by atoms with Crippen molar-refractivity contribution < 1.29 is 19.4 Å². The van der Waals surface area contributed by atoms with Crippen molar-refractivity contribution in [3.05, 3.63) is 28.2 Å². The minimum Gasteiger partial charge on any atom is -0.483 e. The number of hydrogen-bond donors (Lipinski definition) is 1. The van der Waals surface area contributed by atoms with Gasteiger partial charge in [0.2, 0.25) is 0 Å². The Morgan fingerprint density at radius 3 is 2.38 bits per heavy atom. The van der Waals surface area contributed by atoms with E-state index < -0.39 is 5.97 Å². The zero-order chi connectivity index (χ0) is 15.8. The van der Waals surface area contributed by atoms with E-state index in [0.717, 1.165) is 12.8 Å². The number of ether oxygens (including phenoxy) is 1. The number of nitrogens with zero attached hydrogens (tertiary/aromatic N) is 1. The van der Waals surface area contributed by atoms with Gasteiger partial charge in [-0.25, -0.2) is 4.79 Å². The van der Waals surface area contributed by atoms with Gasteiger partial charge in [-0.15, -0.1) is 0 Å². The molecule has 0 atom stereocenters. The molecular weight excluding hydrogens is 338 g/mol. The van der Waals surface area contributed by atoms with Crippen LogP contribution in [0.5, 0.6) is 5.75 Å². The second-order valence-electron chi connectivity index (χ2n) is 4.62. The molecule has 0 aliphatic carbocycles. The van der Waals surface area contributed by atoms with Crippen molar-refractivity contribution >= 4 is 27.8 Å². The Morgan fingerprint density at radius 1 is 1.24 bits per heavy atom. The van der Waals surface area contributed by atoms with E-state index in [1.54, 1.807) is 17.0 Å². The van der Waals surface area contributed by atoms with Crippen LogP contribution in [0.25, 0.3) is 0 Å². The third kappa shape index (κ3) is 5.38. The minimum absolute atomic E-state index is 0.0368. The van der Waals surface area contributed by atoms with Crippen LogP contribution < -0.4 is 4.74 Å². The average Bonchev–Trinajstić information content (AvgIpc) is 2.45. The molecule has 116 valence electrons. The maximum absolute atomic E-state index is 12.1. The topological polar surface area (TPSA) is 66.8 Å². The van der Waals surface area contributed by atoms with E-state index in [1.807, 2.05) is 13.8 Å². The van der Waals surface area contributed by atoms with Crippen molar-refractivity contribution in [3.8, 4) is 5.75 Å². The fourth-order valence-corrected chi connectivity index (χ4v) is 2.29. The lowest BCUT2D eigenvalue weighted by Crippen LogP contribution is -2.36. The maximum Gasteiger partial charge on any atom is 0.339 e. The third-order valence-electron chi connectivity index (χ3n) is 2.86. The summed E-state index contributed by atoms with van der Waals surface area (Å²) in [6.07, 6.45) is 1.76. The van der Waals surface area contributed by atoms with Crippen LogP contribution in [0.4, 0.5) is 0 Å². The van der Waals surface area contributed by atoms with Crippen molar-refractivity contribution in [3.63, 3.8) is 0 Å². The van der Waals surface area contributed by atoms with Gasteiger partial charge in [-0.3, -0.25) is 4.79 Å². The number of hydrogen-bond acceptors (Lipinski definition) is 3. The number of carbonyl (C=O) groups is 2. The molecule has 5 nitrogen and oxygen atoms in total. The Labute approximate surface area is 133 Å². The molecule has 0 saturated heterocycles. The highest BCUT2D eigenvalue weighted by Crippen LogP contribution is 2.23. The zero-order valence-electron chi connectivity index (χ0n) is 12.3. The zero-order valence-corrected chi connectivity index (χ0v) is 13.9. The SMILES string of the molecule is CCCN(CCC)C(=O)COc1ccc(Br)cc1C(=O)O. The molecule has 21 heavy (non-hydrogen) atoms. The highest BCUT2D eigenvalue weighted by atomic mass is 79.9. The first-order valence-corrected chi connectivity index (χ1v) is 7.72. The molecular formula is C15H20BrNO4. The summed E-state index contributed by atoms with van der Waals surface area (Å²) in [6.45, 7) is 5.23. The first kappa shape index (κ1) is 17.5. The third-order valence-corrected chi connectivity index (χ3v) is 3.36. The summed E-state index contributed by atoms with van der Waals surface area (Å²) >= 11 is 3.21. The fraction of sp³-hybridized carbons (Fsp3) is 0.467. The van der Waals surface area contributed by atoms with Crippen molar-refractivity contribution in [2.75, 3.05) is 19.7 Å². The first-order chi connectivity index (χ1) is 9.99. The van der Waals surface area contributed by atoms with Crippen LogP contribution in [-0.4, -0.2) is 41.6 Å². The summed E-state index contributed by atoms with van der Waals surface area (Å²) in [5.74, 6) is -1.01. The van der Waals surface area contributed by atoms with Gasteiger partial charge in [0, 0.05) is 17.6 Å². The lowest BCUT2D eigenvalue weighted by atomic mass is 10.2. The minimum atomic E-state index is -1.09. The van der Waals surface area contributed by atoms with Crippen LogP contribution in [0.15, 0.2) is 22.7 Å².